The number of rotatable bonds is 3. The fourth-order valence-corrected chi connectivity index (χ4v) is 2.11. The molecule has 0 radical (unpaired) electrons. The standard InChI is InChI=1S/C20H24N2O4/c1-19(2,3)25-17(23)15-11-14(13-7-9-21-10-8-13)12-16(22-15)18(24)26-20(4,5)6/h7-12H,1-6H3. The van der Waals surface area contributed by atoms with Crippen LogP contribution < -0.4 is 0 Å². The predicted molar refractivity (Wildman–Crippen MR) is 97.8 cm³/mol. The highest BCUT2D eigenvalue weighted by Crippen LogP contribution is 2.23. The third-order valence-electron chi connectivity index (χ3n) is 3.06. The maximum atomic E-state index is 12.5. The molecule has 0 unspecified atom stereocenters. The lowest BCUT2D eigenvalue weighted by atomic mass is 10.1. The summed E-state index contributed by atoms with van der Waals surface area (Å²) < 4.78 is 10.8. The summed E-state index contributed by atoms with van der Waals surface area (Å²) in [5.74, 6) is -1.20. The molecular formula is C20H24N2O4. The Morgan fingerprint density at radius 1 is 0.769 bits per heavy atom. The lowest BCUT2D eigenvalue weighted by Gasteiger charge is -2.21. The van der Waals surface area contributed by atoms with Gasteiger partial charge in [-0.1, -0.05) is 0 Å². The molecule has 2 rings (SSSR count). The molecule has 2 aromatic rings. The summed E-state index contributed by atoms with van der Waals surface area (Å²) >= 11 is 0. The van der Waals surface area contributed by atoms with Crippen LogP contribution in [0.1, 0.15) is 62.5 Å². The van der Waals surface area contributed by atoms with Crippen LogP contribution in [0.15, 0.2) is 36.7 Å². The van der Waals surface area contributed by atoms with Gasteiger partial charge in [-0.05, 0) is 76.9 Å². The quantitative estimate of drug-likeness (QED) is 0.772. The number of nitrogens with zero attached hydrogens (tertiary/aromatic N) is 2. The lowest BCUT2D eigenvalue weighted by molar-refractivity contribution is 0.00581. The third-order valence-corrected chi connectivity index (χ3v) is 3.06. The van der Waals surface area contributed by atoms with Crippen LogP contribution in [0.3, 0.4) is 0 Å². The van der Waals surface area contributed by atoms with Crippen molar-refractivity contribution in [2.45, 2.75) is 52.7 Å². The van der Waals surface area contributed by atoms with Crippen LogP contribution in [0, 0.1) is 0 Å². The fourth-order valence-electron chi connectivity index (χ4n) is 2.11. The Hall–Kier alpha value is -2.76. The van der Waals surface area contributed by atoms with Crippen molar-refractivity contribution in [2.75, 3.05) is 0 Å². The smallest absolute Gasteiger partial charge is 0.357 e. The Bertz CT molecular complexity index is 757. The molecule has 0 atom stereocenters. The summed E-state index contributed by atoms with van der Waals surface area (Å²) in [5, 5.41) is 0. The van der Waals surface area contributed by atoms with Gasteiger partial charge in [0.15, 0.2) is 0 Å². The highest BCUT2D eigenvalue weighted by atomic mass is 16.6. The molecule has 0 bridgehead atoms. The number of carbonyl (C=O) groups is 2. The Kier molecular flexibility index (Phi) is 5.44. The van der Waals surface area contributed by atoms with E-state index in [9.17, 15) is 9.59 Å². The minimum absolute atomic E-state index is 0.0510. The van der Waals surface area contributed by atoms with E-state index in [1.54, 1.807) is 78.2 Å². The van der Waals surface area contributed by atoms with Gasteiger partial charge < -0.3 is 9.47 Å². The molecule has 0 aromatic carbocycles. The summed E-state index contributed by atoms with van der Waals surface area (Å²) in [6.45, 7) is 10.6. The van der Waals surface area contributed by atoms with Gasteiger partial charge in [0.25, 0.3) is 0 Å². The first kappa shape index (κ1) is 19.6. The molecule has 2 heterocycles. The summed E-state index contributed by atoms with van der Waals surface area (Å²) in [4.78, 5) is 33.1. The number of pyridine rings is 2. The van der Waals surface area contributed by atoms with E-state index in [2.05, 4.69) is 9.97 Å². The Labute approximate surface area is 153 Å². The molecule has 6 nitrogen and oxygen atoms in total. The molecule has 0 N–H and O–H groups in total. The van der Waals surface area contributed by atoms with Crippen molar-refractivity contribution in [3.8, 4) is 11.1 Å². The minimum Gasteiger partial charge on any atom is -0.455 e. The van der Waals surface area contributed by atoms with Gasteiger partial charge in [0.1, 0.15) is 22.6 Å². The zero-order chi connectivity index (χ0) is 19.5. The summed E-state index contributed by atoms with van der Waals surface area (Å²) in [6.07, 6.45) is 3.27. The number of hydrogen-bond donors (Lipinski definition) is 0. The van der Waals surface area contributed by atoms with Gasteiger partial charge in [-0.25, -0.2) is 14.6 Å². The van der Waals surface area contributed by atoms with Crippen LogP contribution in [-0.4, -0.2) is 33.1 Å². The molecule has 0 aliphatic rings. The second kappa shape index (κ2) is 7.23. The fraction of sp³-hybridized carbons (Fsp3) is 0.400. The first-order valence-corrected chi connectivity index (χ1v) is 8.34. The molecule has 0 saturated carbocycles. The van der Waals surface area contributed by atoms with E-state index in [0.717, 1.165) is 5.56 Å². The Morgan fingerprint density at radius 3 is 1.58 bits per heavy atom. The van der Waals surface area contributed by atoms with Crippen molar-refractivity contribution in [1.29, 1.82) is 0 Å². The number of esters is 2. The van der Waals surface area contributed by atoms with Crippen LogP contribution in [0.25, 0.3) is 11.1 Å². The number of hydrogen-bond acceptors (Lipinski definition) is 6. The molecule has 0 aliphatic carbocycles. The van der Waals surface area contributed by atoms with Gasteiger partial charge in [-0.3, -0.25) is 4.98 Å². The van der Waals surface area contributed by atoms with Crippen LogP contribution in [0.2, 0.25) is 0 Å². The van der Waals surface area contributed by atoms with Crippen LogP contribution in [0.4, 0.5) is 0 Å². The maximum Gasteiger partial charge on any atom is 0.357 e. The molecule has 6 heteroatoms. The van der Waals surface area contributed by atoms with Crippen molar-refractivity contribution in [1.82, 2.24) is 9.97 Å². The molecule has 26 heavy (non-hydrogen) atoms. The zero-order valence-electron chi connectivity index (χ0n) is 16.0. The van der Waals surface area contributed by atoms with E-state index in [-0.39, 0.29) is 11.4 Å². The molecule has 0 fully saturated rings. The predicted octanol–water partition coefficient (Wildman–Crippen LogP) is 4.05. The largest absolute Gasteiger partial charge is 0.455 e. The number of carbonyl (C=O) groups excluding carboxylic acids is 2. The summed E-state index contributed by atoms with van der Waals surface area (Å²) in [5.41, 5.74) is 0.223. The second-order valence-electron chi connectivity index (χ2n) is 7.87. The highest BCUT2D eigenvalue weighted by molar-refractivity contribution is 5.94. The summed E-state index contributed by atoms with van der Waals surface area (Å²) in [7, 11) is 0. The van der Waals surface area contributed by atoms with Crippen molar-refractivity contribution < 1.29 is 19.1 Å². The van der Waals surface area contributed by atoms with E-state index in [1.165, 1.54) is 0 Å². The van der Waals surface area contributed by atoms with E-state index in [1.807, 2.05) is 0 Å². The Morgan fingerprint density at radius 2 is 1.19 bits per heavy atom. The van der Waals surface area contributed by atoms with Crippen molar-refractivity contribution in [3.05, 3.63) is 48.0 Å². The van der Waals surface area contributed by atoms with Gasteiger partial charge in [-0.15, -0.1) is 0 Å². The van der Waals surface area contributed by atoms with Gasteiger partial charge >= 0.3 is 11.9 Å². The normalized spacial score (nSPS) is 11.8. The molecule has 0 saturated heterocycles. The van der Waals surface area contributed by atoms with Crippen molar-refractivity contribution in [2.24, 2.45) is 0 Å². The first-order chi connectivity index (χ1) is 11.9. The van der Waals surface area contributed by atoms with Crippen LogP contribution in [0.5, 0.6) is 0 Å². The third kappa shape index (κ3) is 5.65. The molecular weight excluding hydrogens is 332 g/mol. The molecule has 0 amide bonds. The van der Waals surface area contributed by atoms with E-state index in [0.29, 0.717) is 5.56 Å². The SMILES string of the molecule is CC(C)(C)OC(=O)c1cc(-c2ccncc2)cc(C(=O)OC(C)(C)C)n1. The van der Waals surface area contributed by atoms with Gasteiger partial charge in [0.05, 0.1) is 0 Å². The second-order valence-corrected chi connectivity index (χ2v) is 7.87. The van der Waals surface area contributed by atoms with E-state index >= 15 is 0 Å². The van der Waals surface area contributed by atoms with Gasteiger partial charge in [-0.2, -0.15) is 0 Å². The van der Waals surface area contributed by atoms with Crippen molar-refractivity contribution in [3.63, 3.8) is 0 Å². The van der Waals surface area contributed by atoms with E-state index < -0.39 is 23.1 Å². The number of ether oxygens (including phenoxy) is 2. The van der Waals surface area contributed by atoms with Crippen LogP contribution >= 0.6 is 0 Å². The average Bonchev–Trinajstić information content (AvgIpc) is 2.52. The monoisotopic (exact) mass is 356 g/mol. The Balaban J connectivity index is 2.49. The first-order valence-electron chi connectivity index (χ1n) is 8.34. The minimum atomic E-state index is -0.669. The zero-order valence-corrected chi connectivity index (χ0v) is 16.0. The van der Waals surface area contributed by atoms with Gasteiger partial charge in [0.2, 0.25) is 0 Å². The molecule has 0 spiro atoms. The van der Waals surface area contributed by atoms with Crippen LogP contribution in [-0.2, 0) is 9.47 Å². The average molecular weight is 356 g/mol. The summed E-state index contributed by atoms with van der Waals surface area (Å²) in [6, 6.07) is 6.76. The number of aromatic nitrogens is 2. The molecule has 2 aromatic heterocycles. The van der Waals surface area contributed by atoms with Gasteiger partial charge in [0, 0.05) is 12.4 Å². The highest BCUT2D eigenvalue weighted by Gasteiger charge is 2.24. The topological polar surface area (TPSA) is 78.4 Å². The molecule has 0 aliphatic heterocycles. The lowest BCUT2D eigenvalue weighted by Crippen LogP contribution is -2.26. The van der Waals surface area contributed by atoms with Crippen molar-refractivity contribution >= 4 is 11.9 Å². The van der Waals surface area contributed by atoms with E-state index in [4.69, 9.17) is 9.47 Å². The maximum absolute atomic E-state index is 12.5. The molecule has 138 valence electrons.